The van der Waals surface area contributed by atoms with E-state index in [1.807, 2.05) is 34.9 Å². The standard InChI is InChI=1S/C26H31N3O5/c1-6-34-25(31)22-23(18-15-17(32-4)11-12-21(18)33-5)29-20-10-8-7-9-19(20)27-26(29)28(24(22)30)14-13-16(2)3/h7-12,15-16,22-23H,6,13-14H2,1-5H3/t22-,23-/m1/s1. The maximum Gasteiger partial charge on any atom is 0.321 e. The number of ether oxygens (including phenoxy) is 3. The molecule has 0 spiro atoms. The lowest BCUT2D eigenvalue weighted by Gasteiger charge is -2.38. The number of benzene rings is 2. The molecule has 2 atom stereocenters. The van der Waals surface area contributed by atoms with Crippen molar-refractivity contribution < 1.29 is 23.8 Å². The van der Waals surface area contributed by atoms with Crippen LogP contribution in [0.3, 0.4) is 0 Å². The van der Waals surface area contributed by atoms with E-state index in [0.29, 0.717) is 35.5 Å². The minimum atomic E-state index is -1.10. The first-order chi connectivity index (χ1) is 16.4. The number of aromatic nitrogens is 2. The summed E-state index contributed by atoms with van der Waals surface area (Å²) in [7, 11) is 3.14. The van der Waals surface area contributed by atoms with Crippen LogP contribution in [0.2, 0.25) is 0 Å². The smallest absolute Gasteiger partial charge is 0.321 e. The van der Waals surface area contributed by atoms with Crippen LogP contribution in [0.15, 0.2) is 42.5 Å². The number of nitrogens with zero attached hydrogens (tertiary/aromatic N) is 3. The van der Waals surface area contributed by atoms with Gasteiger partial charge in [0.2, 0.25) is 11.9 Å². The van der Waals surface area contributed by atoms with Crippen molar-refractivity contribution in [2.45, 2.75) is 33.2 Å². The Morgan fingerprint density at radius 3 is 2.56 bits per heavy atom. The summed E-state index contributed by atoms with van der Waals surface area (Å²) in [5, 5.41) is 0. The van der Waals surface area contributed by atoms with Crippen molar-refractivity contribution in [2.75, 3.05) is 32.3 Å². The summed E-state index contributed by atoms with van der Waals surface area (Å²) in [5.41, 5.74) is 2.22. The number of esters is 1. The van der Waals surface area contributed by atoms with Crippen LogP contribution >= 0.6 is 0 Å². The lowest BCUT2D eigenvalue weighted by molar-refractivity contribution is -0.153. The van der Waals surface area contributed by atoms with Crippen molar-refractivity contribution in [3.05, 3.63) is 48.0 Å². The molecule has 1 amide bonds. The Bertz CT molecular complexity index is 1200. The number of rotatable bonds is 8. The number of fused-ring (bicyclic) bond motifs is 3. The third kappa shape index (κ3) is 4.08. The molecule has 0 aliphatic carbocycles. The molecule has 0 fully saturated rings. The number of amides is 1. The maximum atomic E-state index is 13.9. The number of hydrogen-bond donors (Lipinski definition) is 0. The molecule has 180 valence electrons. The molecule has 0 radical (unpaired) electrons. The molecule has 0 bridgehead atoms. The minimum Gasteiger partial charge on any atom is -0.497 e. The summed E-state index contributed by atoms with van der Waals surface area (Å²) in [4.78, 5) is 33.7. The molecule has 1 aliphatic rings. The van der Waals surface area contributed by atoms with E-state index < -0.39 is 17.9 Å². The fraction of sp³-hybridized carbons (Fsp3) is 0.423. The zero-order valence-electron chi connectivity index (χ0n) is 20.3. The zero-order valence-corrected chi connectivity index (χ0v) is 20.3. The van der Waals surface area contributed by atoms with Gasteiger partial charge >= 0.3 is 5.97 Å². The number of carbonyl (C=O) groups is 2. The van der Waals surface area contributed by atoms with Crippen LogP contribution in [0.4, 0.5) is 5.95 Å². The van der Waals surface area contributed by atoms with Crippen molar-refractivity contribution in [1.29, 1.82) is 0 Å². The quantitative estimate of drug-likeness (QED) is 0.366. The van der Waals surface area contributed by atoms with Gasteiger partial charge < -0.3 is 18.8 Å². The molecular weight excluding hydrogens is 434 g/mol. The first kappa shape index (κ1) is 23.6. The predicted molar refractivity (Wildman–Crippen MR) is 129 cm³/mol. The Balaban J connectivity index is 2.02. The van der Waals surface area contributed by atoms with Crippen LogP contribution in [0.1, 0.15) is 38.8 Å². The fourth-order valence-corrected chi connectivity index (χ4v) is 4.50. The SMILES string of the molecule is CCOC(=O)[C@H]1C(=O)N(CCC(C)C)c2nc3ccccc3n2[C@@H]1c1cc(OC)ccc1OC. The topological polar surface area (TPSA) is 82.9 Å². The van der Waals surface area contributed by atoms with Gasteiger partial charge in [0, 0.05) is 12.1 Å². The van der Waals surface area contributed by atoms with E-state index in [1.54, 1.807) is 38.2 Å². The highest BCUT2D eigenvalue weighted by molar-refractivity contribution is 6.08. The second kappa shape index (κ2) is 9.75. The van der Waals surface area contributed by atoms with Gasteiger partial charge in [0.15, 0.2) is 5.92 Å². The first-order valence-electron chi connectivity index (χ1n) is 11.6. The Labute approximate surface area is 199 Å². The fourth-order valence-electron chi connectivity index (χ4n) is 4.50. The van der Waals surface area contributed by atoms with Gasteiger partial charge in [0.1, 0.15) is 11.5 Å². The molecular formula is C26H31N3O5. The van der Waals surface area contributed by atoms with E-state index >= 15 is 0 Å². The molecule has 8 heteroatoms. The van der Waals surface area contributed by atoms with Crippen LogP contribution in [0.25, 0.3) is 11.0 Å². The number of hydrogen-bond acceptors (Lipinski definition) is 6. The summed E-state index contributed by atoms with van der Waals surface area (Å²) in [5.74, 6) is 0.0480. The van der Waals surface area contributed by atoms with Crippen molar-refractivity contribution in [1.82, 2.24) is 9.55 Å². The molecule has 1 aliphatic heterocycles. The maximum absolute atomic E-state index is 13.9. The molecule has 0 unspecified atom stereocenters. The van der Waals surface area contributed by atoms with Gasteiger partial charge in [-0.25, -0.2) is 4.98 Å². The van der Waals surface area contributed by atoms with Gasteiger partial charge in [-0.15, -0.1) is 0 Å². The zero-order chi connectivity index (χ0) is 24.4. The second-order valence-corrected chi connectivity index (χ2v) is 8.73. The monoisotopic (exact) mass is 465 g/mol. The summed E-state index contributed by atoms with van der Waals surface area (Å²) < 4.78 is 18.5. The Kier molecular flexibility index (Phi) is 6.77. The minimum absolute atomic E-state index is 0.175. The molecule has 2 aromatic carbocycles. The number of carbonyl (C=O) groups excluding carboxylic acids is 2. The predicted octanol–water partition coefficient (Wildman–Crippen LogP) is 4.21. The Morgan fingerprint density at radius 1 is 1.12 bits per heavy atom. The lowest BCUT2D eigenvalue weighted by Crippen LogP contribution is -2.50. The van der Waals surface area contributed by atoms with Gasteiger partial charge in [-0.2, -0.15) is 0 Å². The number of para-hydroxylation sites is 2. The third-order valence-electron chi connectivity index (χ3n) is 6.17. The molecule has 3 aromatic rings. The lowest BCUT2D eigenvalue weighted by atomic mass is 9.88. The highest BCUT2D eigenvalue weighted by Gasteiger charge is 2.48. The van der Waals surface area contributed by atoms with Crippen molar-refractivity contribution in [3.63, 3.8) is 0 Å². The van der Waals surface area contributed by atoms with E-state index in [-0.39, 0.29) is 12.5 Å². The summed E-state index contributed by atoms with van der Waals surface area (Å²) in [6.45, 7) is 6.57. The average molecular weight is 466 g/mol. The largest absolute Gasteiger partial charge is 0.497 e. The summed E-state index contributed by atoms with van der Waals surface area (Å²) in [6.07, 6.45) is 0.775. The first-order valence-corrected chi connectivity index (χ1v) is 11.6. The van der Waals surface area contributed by atoms with E-state index in [2.05, 4.69) is 13.8 Å². The van der Waals surface area contributed by atoms with E-state index in [4.69, 9.17) is 19.2 Å². The summed E-state index contributed by atoms with van der Waals surface area (Å²) >= 11 is 0. The van der Waals surface area contributed by atoms with E-state index in [1.165, 1.54) is 0 Å². The van der Waals surface area contributed by atoms with Crippen LogP contribution in [0.5, 0.6) is 11.5 Å². The van der Waals surface area contributed by atoms with Gasteiger partial charge in [0.25, 0.3) is 0 Å². The van der Waals surface area contributed by atoms with E-state index in [0.717, 1.165) is 17.5 Å². The Hall–Kier alpha value is -3.55. The van der Waals surface area contributed by atoms with Gasteiger partial charge in [-0.1, -0.05) is 26.0 Å². The molecule has 0 saturated heterocycles. The Morgan fingerprint density at radius 2 is 1.88 bits per heavy atom. The van der Waals surface area contributed by atoms with Gasteiger partial charge in [-0.3, -0.25) is 14.5 Å². The molecule has 2 heterocycles. The van der Waals surface area contributed by atoms with Crippen LogP contribution in [-0.4, -0.2) is 48.8 Å². The molecule has 8 nitrogen and oxygen atoms in total. The molecule has 0 saturated carbocycles. The third-order valence-corrected chi connectivity index (χ3v) is 6.17. The number of imidazole rings is 1. The van der Waals surface area contributed by atoms with E-state index in [9.17, 15) is 9.59 Å². The van der Waals surface area contributed by atoms with Crippen molar-refractivity contribution in [3.8, 4) is 11.5 Å². The normalized spacial score (nSPS) is 17.7. The molecule has 4 rings (SSSR count). The van der Waals surface area contributed by atoms with Crippen molar-refractivity contribution in [2.24, 2.45) is 11.8 Å². The second-order valence-electron chi connectivity index (χ2n) is 8.73. The highest BCUT2D eigenvalue weighted by Crippen LogP contribution is 2.45. The molecule has 1 aromatic heterocycles. The summed E-state index contributed by atoms with van der Waals surface area (Å²) in [6, 6.07) is 12.4. The van der Waals surface area contributed by atoms with Crippen LogP contribution < -0.4 is 14.4 Å². The molecule has 34 heavy (non-hydrogen) atoms. The van der Waals surface area contributed by atoms with Gasteiger partial charge in [0.05, 0.1) is 37.9 Å². The molecule has 0 N–H and O–H groups in total. The highest BCUT2D eigenvalue weighted by atomic mass is 16.5. The van der Waals surface area contributed by atoms with Crippen LogP contribution in [0, 0.1) is 11.8 Å². The number of anilines is 1. The van der Waals surface area contributed by atoms with Crippen LogP contribution in [-0.2, 0) is 14.3 Å². The number of methoxy groups -OCH3 is 2. The van der Waals surface area contributed by atoms with Crippen molar-refractivity contribution >= 4 is 28.9 Å². The van der Waals surface area contributed by atoms with Gasteiger partial charge in [-0.05, 0) is 49.6 Å². The average Bonchev–Trinajstić information content (AvgIpc) is 3.21.